The number of anilines is 1. The molecule has 1 saturated heterocycles. The summed E-state index contributed by atoms with van der Waals surface area (Å²) in [5.41, 5.74) is 2.06. The maximum atomic E-state index is 4.48. The maximum Gasteiger partial charge on any atom is 0.160 e. The standard InChI is InChI=1S/C17H21N7/c1-23(9-13-3-2-5-18-7-13)10-14-4-6-24(11-14)17-15-8-21-22-16(15)19-12-20-17/h2-3,5,7-8,12,14H,4,6,9-11H2,1H3,(H,19,20,21,22)/t14-/m1/s1. The summed E-state index contributed by atoms with van der Waals surface area (Å²) in [6, 6.07) is 4.12. The molecule has 124 valence electrons. The van der Waals surface area contributed by atoms with Crippen LogP contribution in [0.25, 0.3) is 11.0 Å². The Morgan fingerprint density at radius 1 is 1.33 bits per heavy atom. The Morgan fingerprint density at radius 2 is 2.29 bits per heavy atom. The second-order valence-corrected chi connectivity index (χ2v) is 6.49. The van der Waals surface area contributed by atoms with E-state index in [1.807, 2.05) is 24.7 Å². The average molecular weight is 323 g/mol. The third-order valence-corrected chi connectivity index (χ3v) is 4.56. The molecule has 0 spiro atoms. The van der Waals surface area contributed by atoms with Gasteiger partial charge in [0.2, 0.25) is 0 Å². The normalized spacial score (nSPS) is 17.9. The molecule has 0 unspecified atom stereocenters. The molecule has 1 N–H and O–H groups in total. The Kier molecular flexibility index (Phi) is 4.08. The topological polar surface area (TPSA) is 73.8 Å². The van der Waals surface area contributed by atoms with Crippen LogP contribution < -0.4 is 4.90 Å². The SMILES string of the molecule is CN(Cc1cccnc1)C[C@H]1CCN(c2ncnc3[nH]ncc23)C1. The van der Waals surface area contributed by atoms with Crippen LogP contribution in [0.1, 0.15) is 12.0 Å². The first-order valence-corrected chi connectivity index (χ1v) is 8.26. The largest absolute Gasteiger partial charge is 0.356 e. The van der Waals surface area contributed by atoms with Crippen LogP contribution in [0.5, 0.6) is 0 Å². The van der Waals surface area contributed by atoms with Crippen molar-refractivity contribution >= 4 is 16.9 Å². The quantitative estimate of drug-likeness (QED) is 0.770. The number of pyridine rings is 1. The van der Waals surface area contributed by atoms with Gasteiger partial charge in [-0.15, -0.1) is 0 Å². The van der Waals surface area contributed by atoms with Crippen LogP contribution in [0.2, 0.25) is 0 Å². The lowest BCUT2D eigenvalue weighted by Gasteiger charge is -2.22. The van der Waals surface area contributed by atoms with Gasteiger partial charge in [-0.2, -0.15) is 5.10 Å². The Hall–Kier alpha value is -2.54. The fourth-order valence-corrected chi connectivity index (χ4v) is 3.49. The maximum absolute atomic E-state index is 4.48. The first-order chi connectivity index (χ1) is 11.8. The van der Waals surface area contributed by atoms with Crippen molar-refractivity contribution in [2.45, 2.75) is 13.0 Å². The summed E-state index contributed by atoms with van der Waals surface area (Å²) < 4.78 is 0. The molecule has 1 atom stereocenters. The van der Waals surface area contributed by atoms with Crippen molar-refractivity contribution in [3.63, 3.8) is 0 Å². The minimum Gasteiger partial charge on any atom is -0.356 e. The van der Waals surface area contributed by atoms with Crippen molar-refractivity contribution in [3.8, 4) is 0 Å². The minimum absolute atomic E-state index is 0.642. The Bertz CT molecular complexity index is 801. The molecule has 24 heavy (non-hydrogen) atoms. The molecule has 7 nitrogen and oxygen atoms in total. The Balaban J connectivity index is 1.39. The van der Waals surface area contributed by atoms with E-state index in [2.05, 4.69) is 48.1 Å². The highest BCUT2D eigenvalue weighted by molar-refractivity contribution is 5.86. The molecular weight excluding hydrogens is 302 g/mol. The number of aromatic amines is 1. The van der Waals surface area contributed by atoms with Crippen LogP contribution in [-0.4, -0.2) is 56.7 Å². The fourth-order valence-electron chi connectivity index (χ4n) is 3.49. The third-order valence-electron chi connectivity index (χ3n) is 4.56. The van der Waals surface area contributed by atoms with Crippen LogP contribution in [-0.2, 0) is 6.54 Å². The van der Waals surface area contributed by atoms with Gasteiger partial charge in [-0.1, -0.05) is 6.07 Å². The van der Waals surface area contributed by atoms with E-state index in [0.29, 0.717) is 5.92 Å². The smallest absolute Gasteiger partial charge is 0.160 e. The van der Waals surface area contributed by atoms with Crippen LogP contribution in [0, 0.1) is 5.92 Å². The summed E-state index contributed by atoms with van der Waals surface area (Å²) in [6.07, 6.45) is 8.36. The second-order valence-electron chi connectivity index (χ2n) is 6.49. The first kappa shape index (κ1) is 15.0. The zero-order valence-electron chi connectivity index (χ0n) is 13.8. The van der Waals surface area contributed by atoms with E-state index in [4.69, 9.17) is 0 Å². The van der Waals surface area contributed by atoms with Gasteiger partial charge < -0.3 is 9.80 Å². The molecule has 3 aromatic heterocycles. The van der Waals surface area contributed by atoms with Crippen LogP contribution in [0.3, 0.4) is 0 Å². The molecule has 0 radical (unpaired) electrons. The molecule has 7 heteroatoms. The molecule has 0 amide bonds. The summed E-state index contributed by atoms with van der Waals surface area (Å²) in [5.74, 6) is 1.63. The van der Waals surface area contributed by atoms with Gasteiger partial charge in [-0.3, -0.25) is 10.1 Å². The molecule has 4 heterocycles. The number of nitrogens with zero attached hydrogens (tertiary/aromatic N) is 6. The highest BCUT2D eigenvalue weighted by atomic mass is 15.2. The highest BCUT2D eigenvalue weighted by Gasteiger charge is 2.26. The zero-order valence-corrected chi connectivity index (χ0v) is 13.8. The van der Waals surface area contributed by atoms with Gasteiger partial charge in [-0.05, 0) is 31.0 Å². The highest BCUT2D eigenvalue weighted by Crippen LogP contribution is 2.27. The molecule has 1 aliphatic heterocycles. The Labute approximate surface area is 140 Å². The molecule has 0 saturated carbocycles. The summed E-state index contributed by atoms with van der Waals surface area (Å²) in [7, 11) is 2.18. The van der Waals surface area contributed by atoms with Gasteiger partial charge >= 0.3 is 0 Å². The van der Waals surface area contributed by atoms with E-state index in [-0.39, 0.29) is 0 Å². The van der Waals surface area contributed by atoms with Crippen molar-refractivity contribution < 1.29 is 0 Å². The van der Waals surface area contributed by atoms with Gasteiger partial charge in [0.25, 0.3) is 0 Å². The molecule has 0 aliphatic carbocycles. The predicted octanol–water partition coefficient (Wildman–Crippen LogP) is 1.71. The van der Waals surface area contributed by atoms with Crippen molar-refractivity contribution in [3.05, 3.63) is 42.6 Å². The third kappa shape index (κ3) is 3.07. The van der Waals surface area contributed by atoms with Crippen LogP contribution >= 0.6 is 0 Å². The first-order valence-electron chi connectivity index (χ1n) is 8.26. The molecular formula is C17H21N7. The van der Waals surface area contributed by atoms with E-state index >= 15 is 0 Å². The van der Waals surface area contributed by atoms with E-state index in [1.165, 1.54) is 12.0 Å². The lowest BCUT2D eigenvalue weighted by atomic mass is 10.1. The number of H-pyrrole nitrogens is 1. The molecule has 3 aromatic rings. The summed E-state index contributed by atoms with van der Waals surface area (Å²) >= 11 is 0. The summed E-state index contributed by atoms with van der Waals surface area (Å²) in [6.45, 7) is 4.06. The second kappa shape index (κ2) is 6.52. The monoisotopic (exact) mass is 323 g/mol. The molecule has 1 aliphatic rings. The summed E-state index contributed by atoms with van der Waals surface area (Å²) in [5, 5.41) is 7.99. The average Bonchev–Trinajstić information content (AvgIpc) is 3.24. The van der Waals surface area contributed by atoms with Crippen molar-refractivity contribution in [2.75, 3.05) is 31.6 Å². The number of nitrogens with one attached hydrogen (secondary N) is 1. The number of aromatic nitrogens is 5. The van der Waals surface area contributed by atoms with Crippen LogP contribution in [0.4, 0.5) is 5.82 Å². The van der Waals surface area contributed by atoms with Gasteiger partial charge in [0, 0.05) is 38.6 Å². The van der Waals surface area contributed by atoms with Crippen molar-refractivity contribution in [1.29, 1.82) is 0 Å². The number of fused-ring (bicyclic) bond motifs is 1. The van der Waals surface area contributed by atoms with Crippen molar-refractivity contribution in [1.82, 2.24) is 30.0 Å². The molecule has 0 bridgehead atoms. The number of rotatable bonds is 5. The lowest BCUT2D eigenvalue weighted by molar-refractivity contribution is 0.279. The van der Waals surface area contributed by atoms with Gasteiger partial charge in [0.1, 0.15) is 12.1 Å². The molecule has 0 aromatic carbocycles. The van der Waals surface area contributed by atoms with E-state index in [9.17, 15) is 0 Å². The van der Waals surface area contributed by atoms with Gasteiger partial charge in [0.15, 0.2) is 5.65 Å². The van der Waals surface area contributed by atoms with Gasteiger partial charge in [-0.25, -0.2) is 9.97 Å². The number of hydrogen-bond donors (Lipinski definition) is 1. The fraction of sp³-hybridized carbons (Fsp3) is 0.412. The minimum atomic E-state index is 0.642. The van der Waals surface area contributed by atoms with Crippen molar-refractivity contribution in [2.24, 2.45) is 5.92 Å². The predicted molar refractivity (Wildman–Crippen MR) is 92.6 cm³/mol. The van der Waals surface area contributed by atoms with Crippen LogP contribution in [0.15, 0.2) is 37.1 Å². The number of hydrogen-bond acceptors (Lipinski definition) is 6. The van der Waals surface area contributed by atoms with E-state index in [0.717, 1.165) is 43.0 Å². The zero-order chi connectivity index (χ0) is 16.4. The lowest BCUT2D eigenvalue weighted by Crippen LogP contribution is -2.28. The van der Waals surface area contributed by atoms with E-state index < -0.39 is 0 Å². The Morgan fingerprint density at radius 3 is 3.17 bits per heavy atom. The van der Waals surface area contributed by atoms with E-state index in [1.54, 1.807) is 6.33 Å². The molecule has 4 rings (SSSR count). The van der Waals surface area contributed by atoms with Gasteiger partial charge in [0.05, 0.1) is 11.6 Å². The molecule has 1 fully saturated rings. The summed E-state index contributed by atoms with van der Waals surface area (Å²) in [4.78, 5) is 17.6.